The van der Waals surface area contributed by atoms with E-state index in [4.69, 9.17) is 4.74 Å². The second-order valence-electron chi connectivity index (χ2n) is 5.66. The van der Waals surface area contributed by atoms with Gasteiger partial charge >= 0.3 is 0 Å². The molecule has 3 heterocycles. The zero-order chi connectivity index (χ0) is 16.6. The van der Waals surface area contributed by atoms with Crippen molar-refractivity contribution < 1.29 is 9.53 Å². The summed E-state index contributed by atoms with van der Waals surface area (Å²) in [7, 11) is 5.25. The molecule has 0 aliphatic carbocycles. The minimum Gasteiger partial charge on any atom is -0.481 e. The third kappa shape index (κ3) is 2.77. The normalized spacial score (nSPS) is 17.7. The van der Waals surface area contributed by atoms with Crippen LogP contribution in [0.25, 0.3) is 0 Å². The van der Waals surface area contributed by atoms with Gasteiger partial charge in [-0.15, -0.1) is 10.2 Å². The maximum absolute atomic E-state index is 12.9. The molecule has 1 aliphatic rings. The molecule has 8 nitrogen and oxygen atoms in total. The van der Waals surface area contributed by atoms with Crippen LogP contribution in [0.5, 0.6) is 5.88 Å². The van der Waals surface area contributed by atoms with Crippen LogP contribution in [0.15, 0.2) is 18.3 Å². The van der Waals surface area contributed by atoms with Gasteiger partial charge in [-0.25, -0.2) is 4.98 Å². The van der Waals surface area contributed by atoms with E-state index in [1.807, 2.05) is 29.5 Å². The average molecular weight is 316 g/mol. The van der Waals surface area contributed by atoms with Crippen molar-refractivity contribution in [2.75, 3.05) is 26.1 Å². The molecule has 23 heavy (non-hydrogen) atoms. The molecule has 0 saturated carbocycles. The highest BCUT2D eigenvalue weighted by Gasteiger charge is 2.33. The van der Waals surface area contributed by atoms with Crippen LogP contribution in [0.4, 0.5) is 5.69 Å². The zero-order valence-corrected chi connectivity index (χ0v) is 13.7. The quantitative estimate of drug-likeness (QED) is 0.819. The Morgan fingerprint density at radius 1 is 1.39 bits per heavy atom. The summed E-state index contributed by atoms with van der Waals surface area (Å²) in [6, 6.07) is 3.30. The molecule has 0 saturated heterocycles. The first kappa shape index (κ1) is 15.4. The summed E-state index contributed by atoms with van der Waals surface area (Å²) in [6.45, 7) is 3.06. The van der Waals surface area contributed by atoms with Crippen molar-refractivity contribution in [3.63, 3.8) is 0 Å². The van der Waals surface area contributed by atoms with Crippen LogP contribution in [-0.4, -0.2) is 57.8 Å². The van der Waals surface area contributed by atoms with Gasteiger partial charge in [0, 0.05) is 13.1 Å². The number of methoxy groups -OCH3 is 1. The van der Waals surface area contributed by atoms with E-state index in [1.54, 1.807) is 31.3 Å². The van der Waals surface area contributed by atoms with Crippen LogP contribution in [0.1, 0.15) is 11.6 Å². The van der Waals surface area contributed by atoms with Gasteiger partial charge in [0.1, 0.15) is 17.7 Å². The first-order valence-electron chi connectivity index (χ1n) is 7.37. The minimum absolute atomic E-state index is 0.0122. The fourth-order valence-corrected chi connectivity index (χ4v) is 2.73. The first-order valence-corrected chi connectivity index (χ1v) is 7.37. The molecular weight excluding hydrogens is 296 g/mol. The molecule has 3 rings (SSSR count). The standard InChI is InChI=1S/C15H20N6O2/c1-10-17-18-13-9-19(2)12(8-21(10)13)15(22)20(3)11-5-6-14(23-4)16-7-11/h5-7,12H,8-9H2,1-4H3. The van der Waals surface area contributed by atoms with E-state index in [0.29, 0.717) is 19.0 Å². The molecule has 1 amide bonds. The maximum atomic E-state index is 12.9. The number of carbonyl (C=O) groups is 1. The number of hydrogen-bond donors (Lipinski definition) is 0. The van der Waals surface area contributed by atoms with Crippen LogP contribution in [0.2, 0.25) is 0 Å². The predicted molar refractivity (Wildman–Crippen MR) is 84.2 cm³/mol. The molecule has 8 heteroatoms. The predicted octanol–water partition coefficient (Wildman–Crippen LogP) is 0.467. The molecule has 0 bridgehead atoms. The Balaban J connectivity index is 1.80. The Kier molecular flexibility index (Phi) is 3.99. The van der Waals surface area contributed by atoms with Crippen LogP contribution in [0.3, 0.4) is 0 Å². The molecule has 0 fully saturated rings. The van der Waals surface area contributed by atoms with Gasteiger partial charge in [0.15, 0.2) is 0 Å². The Morgan fingerprint density at radius 2 is 2.17 bits per heavy atom. The molecule has 2 aromatic rings. The summed E-state index contributed by atoms with van der Waals surface area (Å²) in [6.07, 6.45) is 1.63. The van der Waals surface area contributed by atoms with Crippen molar-refractivity contribution in [1.29, 1.82) is 0 Å². The number of aromatic nitrogens is 4. The Bertz CT molecular complexity index is 711. The Hall–Kier alpha value is -2.48. The number of amides is 1. The second-order valence-corrected chi connectivity index (χ2v) is 5.66. The van der Waals surface area contributed by atoms with Gasteiger partial charge in [-0.05, 0) is 20.0 Å². The van der Waals surface area contributed by atoms with Gasteiger partial charge in [-0.3, -0.25) is 9.69 Å². The molecule has 0 spiro atoms. The SMILES string of the molecule is COc1ccc(N(C)C(=O)C2Cn3c(C)nnc3CN2C)cn1. The lowest BCUT2D eigenvalue weighted by molar-refractivity contribution is -0.124. The second kappa shape index (κ2) is 5.96. The number of rotatable bonds is 3. The van der Waals surface area contributed by atoms with Gasteiger partial charge in [0.25, 0.3) is 0 Å². The summed E-state index contributed by atoms with van der Waals surface area (Å²) in [5, 5.41) is 8.23. The van der Waals surface area contributed by atoms with E-state index in [-0.39, 0.29) is 11.9 Å². The van der Waals surface area contributed by atoms with E-state index in [2.05, 4.69) is 15.2 Å². The van der Waals surface area contributed by atoms with Gasteiger partial charge in [-0.2, -0.15) is 0 Å². The van der Waals surface area contributed by atoms with E-state index in [9.17, 15) is 4.79 Å². The monoisotopic (exact) mass is 316 g/mol. The number of pyridine rings is 1. The number of carbonyl (C=O) groups excluding carboxylic acids is 1. The van der Waals surface area contributed by atoms with Gasteiger partial charge in [0.2, 0.25) is 11.8 Å². The third-order valence-corrected chi connectivity index (χ3v) is 4.22. The summed E-state index contributed by atoms with van der Waals surface area (Å²) in [5.41, 5.74) is 0.732. The molecule has 1 atom stereocenters. The Morgan fingerprint density at radius 3 is 2.83 bits per heavy atom. The number of nitrogens with zero attached hydrogens (tertiary/aromatic N) is 6. The number of hydrogen-bond acceptors (Lipinski definition) is 6. The number of ether oxygens (including phenoxy) is 1. The molecule has 1 aliphatic heterocycles. The minimum atomic E-state index is -0.260. The van der Waals surface area contributed by atoms with Crippen LogP contribution in [-0.2, 0) is 17.9 Å². The highest BCUT2D eigenvalue weighted by atomic mass is 16.5. The van der Waals surface area contributed by atoms with Crippen LogP contribution in [0, 0.1) is 6.92 Å². The van der Waals surface area contributed by atoms with E-state index in [0.717, 1.165) is 17.3 Å². The number of likely N-dealkylation sites (N-methyl/N-ethyl adjacent to an activating group) is 2. The topological polar surface area (TPSA) is 76.4 Å². The zero-order valence-electron chi connectivity index (χ0n) is 13.7. The lowest BCUT2D eigenvalue weighted by atomic mass is 10.1. The smallest absolute Gasteiger partial charge is 0.245 e. The van der Waals surface area contributed by atoms with Gasteiger partial charge < -0.3 is 14.2 Å². The van der Waals surface area contributed by atoms with Gasteiger partial charge in [0.05, 0.1) is 32.1 Å². The highest BCUT2D eigenvalue weighted by molar-refractivity contribution is 5.96. The maximum Gasteiger partial charge on any atom is 0.245 e. The molecule has 1 unspecified atom stereocenters. The van der Waals surface area contributed by atoms with Crippen molar-refractivity contribution in [3.05, 3.63) is 30.0 Å². The highest BCUT2D eigenvalue weighted by Crippen LogP contribution is 2.21. The molecule has 122 valence electrons. The van der Waals surface area contributed by atoms with Crippen LogP contribution < -0.4 is 9.64 Å². The molecule has 0 aromatic carbocycles. The average Bonchev–Trinajstić information content (AvgIpc) is 2.93. The molecule has 0 radical (unpaired) electrons. The molecular formula is C15H20N6O2. The van der Waals surface area contributed by atoms with Crippen LogP contribution >= 0.6 is 0 Å². The lowest BCUT2D eigenvalue weighted by Crippen LogP contribution is -2.51. The van der Waals surface area contributed by atoms with E-state index >= 15 is 0 Å². The lowest BCUT2D eigenvalue weighted by Gasteiger charge is -2.34. The van der Waals surface area contributed by atoms with E-state index in [1.165, 1.54) is 0 Å². The van der Waals surface area contributed by atoms with Crippen molar-refractivity contribution in [2.45, 2.75) is 26.1 Å². The number of fused-ring (bicyclic) bond motifs is 1. The Labute approximate surface area is 134 Å². The largest absolute Gasteiger partial charge is 0.481 e. The van der Waals surface area contributed by atoms with Crippen molar-refractivity contribution >= 4 is 11.6 Å². The van der Waals surface area contributed by atoms with Crippen molar-refractivity contribution in [1.82, 2.24) is 24.6 Å². The molecule has 2 aromatic heterocycles. The van der Waals surface area contributed by atoms with Crippen molar-refractivity contribution in [2.24, 2.45) is 0 Å². The summed E-state index contributed by atoms with van der Waals surface area (Å²) < 4.78 is 7.05. The van der Waals surface area contributed by atoms with Crippen molar-refractivity contribution in [3.8, 4) is 5.88 Å². The van der Waals surface area contributed by atoms with E-state index < -0.39 is 0 Å². The first-order chi connectivity index (χ1) is 11.0. The number of aryl methyl sites for hydroxylation is 1. The summed E-state index contributed by atoms with van der Waals surface area (Å²) in [5.74, 6) is 2.26. The summed E-state index contributed by atoms with van der Waals surface area (Å²) >= 11 is 0. The summed E-state index contributed by atoms with van der Waals surface area (Å²) in [4.78, 5) is 20.7. The molecule has 0 N–H and O–H groups in total. The number of anilines is 1. The fraction of sp³-hybridized carbons (Fsp3) is 0.467. The van der Waals surface area contributed by atoms with Gasteiger partial charge in [-0.1, -0.05) is 0 Å². The third-order valence-electron chi connectivity index (χ3n) is 4.22. The fourth-order valence-electron chi connectivity index (χ4n) is 2.73.